The molecule has 0 amide bonds. The molecule has 17 heavy (non-hydrogen) atoms. The molecule has 0 aliphatic carbocycles. The lowest BCUT2D eigenvalue weighted by atomic mass is 10.2. The van der Waals surface area contributed by atoms with E-state index in [1.165, 1.54) is 11.8 Å². The first-order valence-electron chi connectivity index (χ1n) is 4.98. The number of fused-ring (bicyclic) bond motifs is 1. The number of hydrogen-bond acceptors (Lipinski definition) is 3. The van der Waals surface area contributed by atoms with Crippen molar-refractivity contribution in [3.63, 3.8) is 0 Å². The summed E-state index contributed by atoms with van der Waals surface area (Å²) in [6, 6.07) is 9.67. The lowest BCUT2D eigenvalue weighted by Gasteiger charge is -2.02. The molecular weight excluding hydrogens is 234 g/mol. The molecular formula is C12H9N3OS. The third-order valence-corrected chi connectivity index (χ3v) is 3.24. The van der Waals surface area contributed by atoms with Crippen molar-refractivity contribution in [2.75, 3.05) is 5.75 Å². The summed E-state index contributed by atoms with van der Waals surface area (Å²) in [5.41, 5.74) is 9.12. The summed E-state index contributed by atoms with van der Waals surface area (Å²) in [6.07, 6.45) is 2.63. The van der Waals surface area contributed by atoms with Gasteiger partial charge in [-0.1, -0.05) is 18.2 Å². The molecule has 0 saturated carbocycles. The summed E-state index contributed by atoms with van der Waals surface area (Å²) in [6.45, 7) is 0. The van der Waals surface area contributed by atoms with Crippen LogP contribution in [-0.4, -0.2) is 27.5 Å². The number of Topliss-reactive ketones (excluding diaryl/α,β-unsaturated/α-hetero) is 1. The number of para-hydroxylation sites is 1. The van der Waals surface area contributed by atoms with Crippen molar-refractivity contribution >= 4 is 34.7 Å². The fraction of sp³-hybridized carbons (Fsp3) is 0.0833. The van der Waals surface area contributed by atoms with Crippen LogP contribution in [0.3, 0.4) is 0 Å². The normalized spacial score (nSPS) is 9.88. The maximum absolute atomic E-state index is 11.2. The van der Waals surface area contributed by atoms with E-state index in [2.05, 4.69) is 9.77 Å². The monoisotopic (exact) mass is 243 g/mol. The van der Waals surface area contributed by atoms with Crippen molar-refractivity contribution in [2.45, 2.75) is 4.90 Å². The van der Waals surface area contributed by atoms with Gasteiger partial charge in [0.2, 0.25) is 5.78 Å². The van der Waals surface area contributed by atoms with E-state index in [1.54, 1.807) is 6.20 Å². The fourth-order valence-electron chi connectivity index (χ4n) is 1.44. The summed E-state index contributed by atoms with van der Waals surface area (Å²) in [5, 5.41) is 1.04. The third kappa shape index (κ3) is 2.78. The van der Waals surface area contributed by atoms with Crippen LogP contribution in [0.15, 0.2) is 41.4 Å². The molecule has 0 radical (unpaired) electrons. The molecule has 0 saturated heterocycles. The van der Waals surface area contributed by atoms with E-state index in [-0.39, 0.29) is 11.5 Å². The van der Waals surface area contributed by atoms with E-state index in [0.29, 0.717) is 0 Å². The number of thioether (sulfide) groups is 1. The Hall–Kier alpha value is -1.97. The first kappa shape index (κ1) is 11.5. The topological polar surface area (TPSA) is 66.4 Å². The number of carbonyl (C=O) groups is 1. The van der Waals surface area contributed by atoms with Gasteiger partial charge in [0.15, 0.2) is 0 Å². The Morgan fingerprint density at radius 2 is 2.24 bits per heavy atom. The maximum atomic E-state index is 11.2. The summed E-state index contributed by atoms with van der Waals surface area (Å²) in [7, 11) is 0. The fourth-order valence-corrected chi connectivity index (χ4v) is 2.30. The predicted octanol–water partition coefficient (Wildman–Crippen LogP) is 2.20. The van der Waals surface area contributed by atoms with E-state index < -0.39 is 0 Å². The standard InChI is InChI=1S/C12H9N3OS/c13-15-7-10(16)8-17-11-5-1-3-9-4-2-6-14-12(9)11/h1-7H,8H2. The Kier molecular flexibility index (Phi) is 3.65. The van der Waals surface area contributed by atoms with Crippen molar-refractivity contribution in [3.8, 4) is 0 Å². The van der Waals surface area contributed by atoms with Gasteiger partial charge in [0.05, 0.1) is 11.3 Å². The van der Waals surface area contributed by atoms with Gasteiger partial charge in [0.25, 0.3) is 0 Å². The van der Waals surface area contributed by atoms with Crippen LogP contribution in [0.5, 0.6) is 0 Å². The van der Waals surface area contributed by atoms with Gasteiger partial charge >= 0.3 is 6.21 Å². The second kappa shape index (κ2) is 5.39. The molecule has 1 aromatic carbocycles. The van der Waals surface area contributed by atoms with Crippen molar-refractivity contribution in [1.82, 2.24) is 4.98 Å². The largest absolute Gasteiger partial charge is 0.361 e. The SMILES string of the molecule is [N-]=[N+]=CC(=O)CSc1cccc2cccnc12. The minimum Gasteiger partial charge on any atom is -0.361 e. The molecule has 0 unspecified atom stereocenters. The highest BCUT2D eigenvalue weighted by Gasteiger charge is 2.07. The first-order valence-corrected chi connectivity index (χ1v) is 5.96. The van der Waals surface area contributed by atoms with Gasteiger partial charge in [-0.3, -0.25) is 9.78 Å². The summed E-state index contributed by atoms with van der Waals surface area (Å²) in [4.78, 5) is 19.1. The molecule has 1 heterocycles. The third-order valence-electron chi connectivity index (χ3n) is 2.17. The smallest absolute Gasteiger partial charge is 0.324 e. The minimum absolute atomic E-state index is 0.231. The number of rotatable bonds is 4. The number of nitrogens with zero attached hydrogens (tertiary/aromatic N) is 3. The van der Waals surface area contributed by atoms with Gasteiger partial charge in [-0.25, -0.2) is 0 Å². The maximum Gasteiger partial charge on any atom is 0.324 e. The highest BCUT2D eigenvalue weighted by Crippen LogP contribution is 2.25. The number of hydrogen-bond donors (Lipinski definition) is 0. The van der Waals surface area contributed by atoms with Crippen LogP contribution in [0.4, 0.5) is 0 Å². The number of benzene rings is 1. The van der Waals surface area contributed by atoms with Crippen molar-refractivity contribution < 1.29 is 9.58 Å². The Morgan fingerprint density at radius 1 is 1.41 bits per heavy atom. The Labute approximate surface area is 102 Å². The average molecular weight is 243 g/mol. The average Bonchev–Trinajstić information content (AvgIpc) is 2.36. The van der Waals surface area contributed by atoms with E-state index in [9.17, 15) is 4.79 Å². The Morgan fingerprint density at radius 3 is 3.06 bits per heavy atom. The molecule has 0 atom stereocenters. The van der Waals surface area contributed by atoms with E-state index in [4.69, 9.17) is 5.53 Å². The molecule has 2 rings (SSSR count). The highest BCUT2D eigenvalue weighted by molar-refractivity contribution is 8.00. The lowest BCUT2D eigenvalue weighted by molar-refractivity contribution is -0.113. The highest BCUT2D eigenvalue weighted by atomic mass is 32.2. The Bertz CT molecular complexity index is 600. The van der Waals surface area contributed by atoms with Crippen molar-refractivity contribution in [1.29, 1.82) is 0 Å². The minimum atomic E-state index is -0.231. The van der Waals surface area contributed by atoms with Crippen LogP contribution < -0.4 is 0 Å². The van der Waals surface area contributed by atoms with Crippen LogP contribution in [0.1, 0.15) is 0 Å². The molecule has 2 aromatic rings. The van der Waals surface area contributed by atoms with Gasteiger partial charge in [0, 0.05) is 16.5 Å². The van der Waals surface area contributed by atoms with Gasteiger partial charge in [-0.05, 0) is 12.1 Å². The molecule has 0 fully saturated rings. The molecule has 84 valence electrons. The molecule has 0 aliphatic heterocycles. The van der Waals surface area contributed by atoms with E-state index >= 15 is 0 Å². The van der Waals surface area contributed by atoms with Crippen LogP contribution in [0.2, 0.25) is 0 Å². The van der Waals surface area contributed by atoms with Crippen LogP contribution in [-0.2, 0) is 4.79 Å². The van der Waals surface area contributed by atoms with Gasteiger partial charge in [-0.2, -0.15) is 4.79 Å². The quantitative estimate of drug-likeness (QED) is 0.358. The second-order valence-corrected chi connectivity index (χ2v) is 4.35. The lowest BCUT2D eigenvalue weighted by Crippen LogP contribution is -2.02. The van der Waals surface area contributed by atoms with Gasteiger partial charge in [-0.15, -0.1) is 11.8 Å². The molecule has 0 spiro atoms. The molecule has 0 N–H and O–H groups in total. The molecule has 0 aliphatic rings. The van der Waals surface area contributed by atoms with Gasteiger partial charge < -0.3 is 5.53 Å². The van der Waals surface area contributed by atoms with Crippen LogP contribution >= 0.6 is 11.8 Å². The van der Waals surface area contributed by atoms with Crippen LogP contribution in [0.25, 0.3) is 16.4 Å². The predicted molar refractivity (Wildman–Crippen MR) is 67.2 cm³/mol. The van der Waals surface area contributed by atoms with E-state index in [0.717, 1.165) is 22.0 Å². The first-order chi connectivity index (χ1) is 8.31. The number of carbonyl (C=O) groups excluding carboxylic acids is 1. The molecule has 1 aromatic heterocycles. The number of pyridine rings is 1. The molecule has 0 bridgehead atoms. The summed E-state index contributed by atoms with van der Waals surface area (Å²) < 4.78 is 0. The Balaban J connectivity index is 2.24. The van der Waals surface area contributed by atoms with Crippen molar-refractivity contribution in [3.05, 3.63) is 42.1 Å². The second-order valence-electron chi connectivity index (χ2n) is 3.33. The number of aromatic nitrogens is 1. The zero-order chi connectivity index (χ0) is 12.1. The summed E-state index contributed by atoms with van der Waals surface area (Å²) in [5.74, 6) is 0.00478. The molecule has 4 nitrogen and oxygen atoms in total. The van der Waals surface area contributed by atoms with E-state index in [1.807, 2.05) is 30.3 Å². The van der Waals surface area contributed by atoms with Crippen LogP contribution in [0, 0.1) is 0 Å². The van der Waals surface area contributed by atoms with Crippen molar-refractivity contribution in [2.24, 2.45) is 0 Å². The summed E-state index contributed by atoms with van der Waals surface area (Å²) >= 11 is 1.38. The number of ketones is 1. The van der Waals surface area contributed by atoms with Gasteiger partial charge in [0.1, 0.15) is 0 Å². The molecule has 5 heteroatoms. The zero-order valence-electron chi connectivity index (χ0n) is 8.91. The zero-order valence-corrected chi connectivity index (χ0v) is 9.72.